The first-order valence-electron chi connectivity index (χ1n) is 10.7. The highest BCUT2D eigenvalue weighted by Gasteiger charge is 2.20. The van der Waals surface area contributed by atoms with Crippen LogP contribution in [0, 0.1) is 6.92 Å². The van der Waals surface area contributed by atoms with Gasteiger partial charge in [-0.3, -0.25) is 9.69 Å². The van der Waals surface area contributed by atoms with E-state index in [1.165, 1.54) is 10.3 Å². The molecule has 1 aliphatic rings. The van der Waals surface area contributed by atoms with E-state index in [4.69, 9.17) is 9.40 Å². The molecule has 1 amide bonds. The normalized spacial score (nSPS) is 14.8. The van der Waals surface area contributed by atoms with Gasteiger partial charge in [-0.2, -0.15) is 0 Å². The van der Waals surface area contributed by atoms with Gasteiger partial charge >= 0.3 is 5.63 Å². The summed E-state index contributed by atoms with van der Waals surface area (Å²) in [6.45, 7) is 6.93. The topological polar surface area (TPSA) is 78.7 Å². The van der Waals surface area contributed by atoms with Crippen LogP contribution in [-0.4, -0.2) is 55.1 Å². The monoisotopic (exact) mass is 448 g/mol. The third kappa shape index (κ3) is 4.11. The molecule has 1 fully saturated rings. The minimum atomic E-state index is -0.610. The Morgan fingerprint density at radius 1 is 1.12 bits per heavy atom. The Balaban J connectivity index is 1.14. The number of aromatic nitrogens is 1. The zero-order valence-corrected chi connectivity index (χ0v) is 18.7. The van der Waals surface area contributed by atoms with Crippen LogP contribution >= 0.6 is 11.3 Å². The van der Waals surface area contributed by atoms with E-state index in [9.17, 15) is 9.59 Å². The number of aryl methyl sites for hydroxylation is 1. The zero-order chi connectivity index (χ0) is 22.1. The predicted molar refractivity (Wildman–Crippen MR) is 128 cm³/mol. The second-order valence-electron chi connectivity index (χ2n) is 7.99. The molecule has 0 radical (unpaired) electrons. The molecule has 3 heterocycles. The number of benzene rings is 2. The number of rotatable bonds is 5. The van der Waals surface area contributed by atoms with E-state index in [0.29, 0.717) is 12.1 Å². The van der Waals surface area contributed by atoms with E-state index in [1.807, 2.05) is 12.1 Å². The first kappa shape index (κ1) is 20.7. The molecule has 7 nitrogen and oxygen atoms in total. The molecular weight excluding hydrogens is 424 g/mol. The van der Waals surface area contributed by atoms with Crippen molar-refractivity contribution in [3.63, 3.8) is 0 Å². The molecule has 1 N–H and O–H groups in total. The van der Waals surface area contributed by atoms with Gasteiger partial charge in [0.2, 0.25) is 0 Å². The lowest BCUT2D eigenvalue weighted by molar-refractivity contribution is 0.0944. The number of hydrogen-bond acceptors (Lipinski definition) is 7. The van der Waals surface area contributed by atoms with Crippen molar-refractivity contribution in [3.8, 4) is 0 Å². The number of para-hydroxylation sites is 2. The van der Waals surface area contributed by atoms with Gasteiger partial charge in [-0.15, -0.1) is 0 Å². The molecule has 1 aliphatic heterocycles. The molecule has 164 valence electrons. The first-order valence-corrected chi connectivity index (χ1v) is 11.5. The molecule has 0 spiro atoms. The molecule has 0 aliphatic carbocycles. The minimum Gasteiger partial charge on any atom is -0.422 e. The lowest BCUT2D eigenvalue weighted by Gasteiger charge is -2.34. The number of hydrogen-bond donors (Lipinski definition) is 1. The number of carbonyl (C=O) groups is 1. The van der Waals surface area contributed by atoms with Crippen molar-refractivity contribution in [3.05, 3.63) is 70.1 Å². The maximum absolute atomic E-state index is 12.5. The zero-order valence-electron chi connectivity index (χ0n) is 17.8. The number of nitrogens with one attached hydrogen (secondary N) is 1. The third-order valence-electron chi connectivity index (χ3n) is 5.85. The minimum absolute atomic E-state index is 0.0413. The second kappa shape index (κ2) is 8.72. The fourth-order valence-corrected chi connectivity index (χ4v) is 5.11. The van der Waals surface area contributed by atoms with Gasteiger partial charge in [0.25, 0.3) is 5.91 Å². The molecule has 0 bridgehead atoms. The van der Waals surface area contributed by atoms with E-state index in [0.717, 1.165) is 48.8 Å². The number of amides is 1. The molecule has 2 aromatic carbocycles. The van der Waals surface area contributed by atoms with Gasteiger partial charge in [0.05, 0.1) is 10.2 Å². The Morgan fingerprint density at radius 3 is 2.75 bits per heavy atom. The summed E-state index contributed by atoms with van der Waals surface area (Å²) in [5.41, 5.74) is 2.21. The van der Waals surface area contributed by atoms with Crippen LogP contribution in [0.1, 0.15) is 15.9 Å². The van der Waals surface area contributed by atoms with Crippen molar-refractivity contribution in [1.82, 2.24) is 15.2 Å². The summed E-state index contributed by atoms with van der Waals surface area (Å²) in [7, 11) is 0. The Morgan fingerprint density at radius 2 is 1.94 bits per heavy atom. The number of carbonyl (C=O) groups excluding carboxylic acids is 1. The number of nitrogens with zero attached hydrogens (tertiary/aromatic N) is 3. The van der Waals surface area contributed by atoms with Crippen LogP contribution in [0.15, 0.2) is 57.7 Å². The Bertz CT molecular complexity index is 1340. The Kier molecular flexibility index (Phi) is 5.63. The maximum Gasteiger partial charge on any atom is 0.349 e. The van der Waals surface area contributed by atoms with Gasteiger partial charge in [-0.05, 0) is 30.7 Å². The Labute approximate surface area is 189 Å². The van der Waals surface area contributed by atoms with Crippen molar-refractivity contribution in [2.45, 2.75) is 6.92 Å². The lowest BCUT2D eigenvalue weighted by Crippen LogP contribution is -2.48. The summed E-state index contributed by atoms with van der Waals surface area (Å²) in [5.74, 6) is -0.395. The van der Waals surface area contributed by atoms with E-state index in [-0.39, 0.29) is 5.56 Å². The fraction of sp³-hybridized carbons (Fsp3) is 0.292. The van der Waals surface area contributed by atoms with Gasteiger partial charge in [0, 0.05) is 44.7 Å². The summed E-state index contributed by atoms with van der Waals surface area (Å²) in [6.07, 6.45) is 0. The van der Waals surface area contributed by atoms with E-state index < -0.39 is 11.5 Å². The predicted octanol–water partition coefficient (Wildman–Crippen LogP) is 3.26. The molecule has 1 saturated heterocycles. The molecule has 8 heteroatoms. The van der Waals surface area contributed by atoms with Crippen LogP contribution in [-0.2, 0) is 0 Å². The number of fused-ring (bicyclic) bond motifs is 2. The number of thiazole rings is 1. The van der Waals surface area contributed by atoms with Gasteiger partial charge in [0.15, 0.2) is 5.13 Å². The largest absolute Gasteiger partial charge is 0.422 e. The quantitative estimate of drug-likeness (QED) is 0.472. The highest BCUT2D eigenvalue weighted by Crippen LogP contribution is 2.30. The molecule has 0 atom stereocenters. The summed E-state index contributed by atoms with van der Waals surface area (Å²) in [4.78, 5) is 34.1. The molecule has 32 heavy (non-hydrogen) atoms. The van der Waals surface area contributed by atoms with E-state index in [2.05, 4.69) is 40.2 Å². The Hall–Kier alpha value is -3.23. The van der Waals surface area contributed by atoms with Crippen molar-refractivity contribution < 1.29 is 9.21 Å². The van der Waals surface area contributed by atoms with E-state index in [1.54, 1.807) is 29.5 Å². The van der Waals surface area contributed by atoms with Crippen LogP contribution in [0.25, 0.3) is 21.2 Å². The summed E-state index contributed by atoms with van der Waals surface area (Å²) >= 11 is 1.74. The highest BCUT2D eigenvalue weighted by molar-refractivity contribution is 7.22. The van der Waals surface area contributed by atoms with Gasteiger partial charge < -0.3 is 14.6 Å². The highest BCUT2D eigenvalue weighted by atomic mass is 32.1. The number of anilines is 1. The van der Waals surface area contributed by atoms with Crippen molar-refractivity contribution in [1.29, 1.82) is 0 Å². The summed E-state index contributed by atoms with van der Waals surface area (Å²) in [6, 6.07) is 15.1. The van der Waals surface area contributed by atoms with Gasteiger partial charge in [0.1, 0.15) is 11.1 Å². The molecular formula is C24H24N4O3S. The standard InChI is InChI=1S/C24H24N4O3S/c1-16-5-4-8-20-21(16)26-24(32-20)28-13-11-27(12-14-28)10-9-25-22(29)18-15-17-6-2-3-7-19(17)31-23(18)30/h2-8,15H,9-14H2,1H3,(H,25,29). The first-order chi connectivity index (χ1) is 15.6. The van der Waals surface area contributed by atoms with Crippen LogP contribution in [0.2, 0.25) is 0 Å². The van der Waals surface area contributed by atoms with Crippen molar-refractivity contribution >= 4 is 43.6 Å². The maximum atomic E-state index is 12.5. The average molecular weight is 449 g/mol. The molecule has 5 rings (SSSR count). The van der Waals surface area contributed by atoms with Gasteiger partial charge in [-0.25, -0.2) is 9.78 Å². The van der Waals surface area contributed by atoms with Crippen LogP contribution < -0.4 is 15.8 Å². The molecule has 0 unspecified atom stereocenters. The number of piperazine rings is 1. The summed E-state index contributed by atoms with van der Waals surface area (Å²) < 4.78 is 6.48. The molecule has 4 aromatic rings. The molecule has 2 aromatic heterocycles. The second-order valence-corrected chi connectivity index (χ2v) is 9.00. The van der Waals surface area contributed by atoms with Gasteiger partial charge in [-0.1, -0.05) is 41.7 Å². The summed E-state index contributed by atoms with van der Waals surface area (Å²) in [5, 5.41) is 4.66. The SMILES string of the molecule is Cc1cccc2sc(N3CCN(CCNC(=O)c4cc5ccccc5oc4=O)CC3)nc12. The van der Waals surface area contributed by atoms with Crippen LogP contribution in [0.5, 0.6) is 0 Å². The smallest absolute Gasteiger partial charge is 0.349 e. The van der Waals surface area contributed by atoms with Crippen LogP contribution in [0.4, 0.5) is 5.13 Å². The lowest BCUT2D eigenvalue weighted by atomic mass is 10.2. The average Bonchev–Trinajstić information content (AvgIpc) is 3.25. The van der Waals surface area contributed by atoms with Crippen LogP contribution in [0.3, 0.4) is 0 Å². The third-order valence-corrected chi connectivity index (χ3v) is 6.93. The van der Waals surface area contributed by atoms with Crippen molar-refractivity contribution in [2.75, 3.05) is 44.2 Å². The van der Waals surface area contributed by atoms with Crippen molar-refractivity contribution in [2.24, 2.45) is 0 Å². The molecule has 0 saturated carbocycles. The fourth-order valence-electron chi connectivity index (χ4n) is 4.02. The van der Waals surface area contributed by atoms with E-state index >= 15 is 0 Å².